The summed E-state index contributed by atoms with van der Waals surface area (Å²) in [6, 6.07) is 7.97. The van der Waals surface area contributed by atoms with Gasteiger partial charge in [-0.15, -0.1) is 0 Å². The summed E-state index contributed by atoms with van der Waals surface area (Å²) in [6.45, 7) is 8.86. The van der Waals surface area contributed by atoms with Crippen LogP contribution in [0.4, 0.5) is 5.13 Å². The zero-order chi connectivity index (χ0) is 23.3. The molecule has 0 spiro atoms. The van der Waals surface area contributed by atoms with Crippen LogP contribution in [0.3, 0.4) is 0 Å². The Morgan fingerprint density at radius 2 is 2.03 bits per heavy atom. The number of para-hydroxylation sites is 1. The molecule has 10 heteroatoms. The first-order chi connectivity index (χ1) is 15.7. The van der Waals surface area contributed by atoms with E-state index in [2.05, 4.69) is 4.98 Å². The second-order valence-corrected chi connectivity index (χ2v) is 10.4. The van der Waals surface area contributed by atoms with Crippen molar-refractivity contribution in [3.63, 3.8) is 0 Å². The highest BCUT2D eigenvalue weighted by atomic mass is 32.1. The molecule has 4 heterocycles. The van der Waals surface area contributed by atoms with Crippen molar-refractivity contribution < 1.29 is 14.3 Å². The summed E-state index contributed by atoms with van der Waals surface area (Å²) in [7, 11) is 0. The summed E-state index contributed by atoms with van der Waals surface area (Å²) in [5.41, 5.74) is 7.96. The van der Waals surface area contributed by atoms with Gasteiger partial charge in [-0.1, -0.05) is 29.5 Å². The lowest BCUT2D eigenvalue weighted by molar-refractivity contribution is -0.147. The third-order valence-corrected chi connectivity index (χ3v) is 7.46. The van der Waals surface area contributed by atoms with Gasteiger partial charge in [-0.3, -0.25) is 14.3 Å². The normalized spacial score (nSPS) is 18.5. The van der Waals surface area contributed by atoms with Gasteiger partial charge >= 0.3 is 0 Å². The fourth-order valence-corrected chi connectivity index (χ4v) is 5.49. The number of rotatable bonds is 4. The predicted octanol–water partition coefficient (Wildman–Crippen LogP) is 2.26. The van der Waals surface area contributed by atoms with E-state index in [1.54, 1.807) is 16.5 Å². The van der Waals surface area contributed by atoms with E-state index in [9.17, 15) is 9.59 Å². The van der Waals surface area contributed by atoms with Gasteiger partial charge in [-0.25, -0.2) is 4.98 Å². The highest BCUT2D eigenvalue weighted by Crippen LogP contribution is 2.34. The maximum Gasteiger partial charge on any atom is 0.265 e. The molecule has 0 bridgehead atoms. The molecule has 3 aromatic rings. The SMILES string of the molecule is Cc1nc(N)sc1C(=O)N1CC(c2nn(CC(=O)N3CCOCC3(C)C)c3ccccc23)C1. The first kappa shape index (κ1) is 21.8. The zero-order valence-corrected chi connectivity index (χ0v) is 19.9. The van der Waals surface area contributed by atoms with Crippen molar-refractivity contribution >= 4 is 39.2 Å². The van der Waals surface area contributed by atoms with Crippen LogP contribution in [0.25, 0.3) is 10.9 Å². The number of benzene rings is 1. The van der Waals surface area contributed by atoms with Gasteiger partial charge in [0.05, 0.1) is 35.7 Å². The van der Waals surface area contributed by atoms with Crippen LogP contribution in [0, 0.1) is 6.92 Å². The Labute approximate surface area is 196 Å². The van der Waals surface area contributed by atoms with Crippen molar-refractivity contribution in [2.45, 2.75) is 38.8 Å². The number of likely N-dealkylation sites (tertiary alicyclic amines) is 1. The van der Waals surface area contributed by atoms with Gasteiger partial charge in [-0.05, 0) is 26.8 Å². The number of nitrogens with two attached hydrogens (primary N) is 1. The fourth-order valence-electron chi connectivity index (χ4n) is 4.69. The molecule has 174 valence electrons. The van der Waals surface area contributed by atoms with E-state index >= 15 is 0 Å². The topological polar surface area (TPSA) is 107 Å². The molecule has 0 saturated carbocycles. The van der Waals surface area contributed by atoms with Crippen molar-refractivity contribution in [2.75, 3.05) is 38.6 Å². The monoisotopic (exact) mass is 468 g/mol. The Balaban J connectivity index is 1.35. The number of hydrogen-bond acceptors (Lipinski definition) is 7. The number of carbonyl (C=O) groups excluding carboxylic acids is 2. The van der Waals surface area contributed by atoms with Gasteiger partial charge < -0.3 is 20.3 Å². The summed E-state index contributed by atoms with van der Waals surface area (Å²) in [4.78, 5) is 34.5. The van der Waals surface area contributed by atoms with Gasteiger partial charge in [0.25, 0.3) is 5.91 Å². The molecule has 2 aliphatic heterocycles. The number of hydrogen-bond donors (Lipinski definition) is 1. The summed E-state index contributed by atoms with van der Waals surface area (Å²) < 4.78 is 7.36. The van der Waals surface area contributed by atoms with Crippen LogP contribution in [0.2, 0.25) is 0 Å². The van der Waals surface area contributed by atoms with E-state index in [1.165, 1.54) is 11.3 Å². The quantitative estimate of drug-likeness (QED) is 0.630. The molecule has 2 amide bonds. The lowest BCUT2D eigenvalue weighted by atomic mass is 9.93. The minimum absolute atomic E-state index is 0.0341. The van der Waals surface area contributed by atoms with Crippen LogP contribution in [0.15, 0.2) is 24.3 Å². The molecule has 2 fully saturated rings. The number of aryl methyl sites for hydroxylation is 1. The maximum atomic E-state index is 13.2. The van der Waals surface area contributed by atoms with Crippen molar-refractivity contribution in [2.24, 2.45) is 0 Å². The maximum absolute atomic E-state index is 13.2. The standard InChI is InChI=1S/C23H28N6O3S/c1-14-20(33-22(24)25-14)21(31)27-10-15(11-27)19-16-6-4-5-7-17(16)29(26-19)12-18(30)28-8-9-32-13-23(28,2)3/h4-7,15H,8-13H2,1-3H3,(H2,24,25). The minimum Gasteiger partial charge on any atom is -0.377 e. The average Bonchev–Trinajstić information content (AvgIpc) is 3.26. The fraction of sp³-hybridized carbons (Fsp3) is 0.478. The highest BCUT2D eigenvalue weighted by molar-refractivity contribution is 7.17. The zero-order valence-electron chi connectivity index (χ0n) is 19.1. The number of morpholine rings is 1. The number of fused-ring (bicyclic) bond motifs is 1. The van der Waals surface area contributed by atoms with Crippen LogP contribution in [-0.2, 0) is 16.1 Å². The lowest BCUT2D eigenvalue weighted by Crippen LogP contribution is -2.56. The second-order valence-electron chi connectivity index (χ2n) is 9.34. The highest BCUT2D eigenvalue weighted by Gasteiger charge is 2.37. The van der Waals surface area contributed by atoms with Gasteiger partial charge in [0, 0.05) is 30.9 Å². The summed E-state index contributed by atoms with van der Waals surface area (Å²) in [6.07, 6.45) is 0. The van der Waals surface area contributed by atoms with E-state index in [0.717, 1.165) is 16.6 Å². The Hall–Kier alpha value is -2.98. The minimum atomic E-state index is -0.339. The van der Waals surface area contributed by atoms with Gasteiger partial charge in [-0.2, -0.15) is 5.10 Å². The Bertz CT molecular complexity index is 1230. The van der Waals surface area contributed by atoms with Gasteiger partial charge in [0.2, 0.25) is 5.91 Å². The summed E-state index contributed by atoms with van der Waals surface area (Å²) in [5.74, 6) is 0.124. The molecule has 0 aliphatic carbocycles. The first-order valence-electron chi connectivity index (χ1n) is 11.1. The molecular weight excluding hydrogens is 440 g/mol. The lowest BCUT2D eigenvalue weighted by Gasteiger charge is -2.42. The molecular formula is C23H28N6O3S. The van der Waals surface area contributed by atoms with E-state index < -0.39 is 0 Å². The van der Waals surface area contributed by atoms with E-state index in [0.29, 0.717) is 48.6 Å². The Kier molecular flexibility index (Phi) is 5.37. The number of nitrogens with zero attached hydrogens (tertiary/aromatic N) is 5. The molecule has 2 aliphatic rings. The molecule has 2 aromatic heterocycles. The van der Waals surface area contributed by atoms with Crippen LogP contribution >= 0.6 is 11.3 Å². The molecule has 2 saturated heterocycles. The summed E-state index contributed by atoms with van der Waals surface area (Å²) in [5, 5.41) is 6.29. The average molecular weight is 469 g/mol. The number of thiazole rings is 1. The largest absolute Gasteiger partial charge is 0.377 e. The Morgan fingerprint density at radius 3 is 2.73 bits per heavy atom. The first-order valence-corrected chi connectivity index (χ1v) is 11.9. The number of nitrogen functional groups attached to an aromatic ring is 1. The van der Waals surface area contributed by atoms with E-state index in [4.69, 9.17) is 15.6 Å². The number of amides is 2. The molecule has 1 aromatic carbocycles. The Morgan fingerprint density at radius 1 is 1.27 bits per heavy atom. The van der Waals surface area contributed by atoms with Crippen LogP contribution in [0.5, 0.6) is 0 Å². The van der Waals surface area contributed by atoms with E-state index in [-0.39, 0.29) is 29.8 Å². The van der Waals surface area contributed by atoms with Crippen LogP contribution in [0.1, 0.15) is 40.8 Å². The molecule has 0 unspecified atom stereocenters. The molecule has 9 nitrogen and oxygen atoms in total. The molecule has 33 heavy (non-hydrogen) atoms. The van der Waals surface area contributed by atoms with Crippen molar-refractivity contribution in [3.8, 4) is 0 Å². The van der Waals surface area contributed by atoms with Crippen LogP contribution in [-0.4, -0.2) is 74.8 Å². The third-order valence-electron chi connectivity index (χ3n) is 6.48. The van der Waals surface area contributed by atoms with E-state index in [1.807, 2.05) is 43.0 Å². The second kappa shape index (κ2) is 8.11. The van der Waals surface area contributed by atoms with Crippen molar-refractivity contribution in [3.05, 3.63) is 40.5 Å². The third kappa shape index (κ3) is 3.87. The molecule has 0 radical (unpaired) electrons. The number of carbonyl (C=O) groups is 2. The van der Waals surface area contributed by atoms with Gasteiger partial charge in [0.1, 0.15) is 11.4 Å². The van der Waals surface area contributed by atoms with Crippen molar-refractivity contribution in [1.29, 1.82) is 0 Å². The number of anilines is 1. The molecule has 5 rings (SSSR count). The summed E-state index contributed by atoms with van der Waals surface area (Å²) >= 11 is 1.23. The van der Waals surface area contributed by atoms with Crippen LogP contribution < -0.4 is 5.73 Å². The van der Waals surface area contributed by atoms with Crippen molar-refractivity contribution in [1.82, 2.24) is 24.6 Å². The number of ether oxygens (including phenoxy) is 1. The predicted molar refractivity (Wildman–Crippen MR) is 126 cm³/mol. The molecule has 2 N–H and O–H groups in total. The molecule has 0 atom stereocenters. The van der Waals surface area contributed by atoms with Gasteiger partial charge in [0.15, 0.2) is 5.13 Å². The number of aromatic nitrogens is 3. The smallest absolute Gasteiger partial charge is 0.265 e.